The Morgan fingerprint density at radius 3 is 2.74 bits per heavy atom. The lowest BCUT2D eigenvalue weighted by molar-refractivity contribution is 0.0696. The maximum Gasteiger partial charge on any atom is 0.335 e. The van der Waals surface area contributed by atoms with Crippen LogP contribution in [0.1, 0.15) is 21.0 Å². The molecule has 1 aromatic carbocycles. The molecule has 19 heavy (non-hydrogen) atoms. The van der Waals surface area contributed by atoms with Gasteiger partial charge < -0.3 is 15.0 Å². The molecule has 2 rings (SSSR count). The average molecular weight is 280 g/mol. The number of nitrogens with one attached hydrogen (secondary N) is 1. The van der Waals surface area contributed by atoms with E-state index < -0.39 is 11.9 Å². The Balaban J connectivity index is 2.28. The number of rotatable bonds is 3. The van der Waals surface area contributed by atoms with Crippen LogP contribution in [0, 0.1) is 0 Å². The maximum atomic E-state index is 11.9. The SMILES string of the molecule is Cn1ccnc1C(=O)Nc1cc(C(=O)O)ccc1Cl. The molecule has 1 amide bonds. The third-order valence-corrected chi connectivity index (χ3v) is 2.82. The van der Waals surface area contributed by atoms with E-state index in [1.54, 1.807) is 17.8 Å². The molecule has 98 valence electrons. The van der Waals surface area contributed by atoms with Gasteiger partial charge in [0.1, 0.15) is 0 Å². The van der Waals surface area contributed by atoms with Crippen LogP contribution in [0.5, 0.6) is 0 Å². The Morgan fingerprint density at radius 1 is 1.42 bits per heavy atom. The van der Waals surface area contributed by atoms with Gasteiger partial charge in [0.2, 0.25) is 0 Å². The number of halogens is 1. The van der Waals surface area contributed by atoms with Gasteiger partial charge in [0.05, 0.1) is 16.3 Å². The normalized spacial score (nSPS) is 10.2. The molecule has 1 aromatic heterocycles. The van der Waals surface area contributed by atoms with E-state index in [1.807, 2.05) is 0 Å². The van der Waals surface area contributed by atoms with Crippen LogP contribution in [0.15, 0.2) is 30.6 Å². The predicted octanol–water partition coefficient (Wildman–Crippen LogP) is 2.02. The van der Waals surface area contributed by atoms with Crippen molar-refractivity contribution in [3.05, 3.63) is 47.0 Å². The van der Waals surface area contributed by atoms with Crippen LogP contribution in [0.3, 0.4) is 0 Å². The fraction of sp³-hybridized carbons (Fsp3) is 0.0833. The Bertz CT molecular complexity index is 651. The highest BCUT2D eigenvalue weighted by molar-refractivity contribution is 6.34. The Hall–Kier alpha value is -2.34. The van der Waals surface area contributed by atoms with Crippen molar-refractivity contribution in [3.8, 4) is 0 Å². The van der Waals surface area contributed by atoms with Crippen LogP contribution in [0.2, 0.25) is 5.02 Å². The van der Waals surface area contributed by atoms with Crippen LogP contribution in [-0.4, -0.2) is 26.5 Å². The highest BCUT2D eigenvalue weighted by atomic mass is 35.5. The summed E-state index contributed by atoms with van der Waals surface area (Å²) >= 11 is 5.91. The third kappa shape index (κ3) is 2.74. The van der Waals surface area contributed by atoms with Gasteiger partial charge in [-0.2, -0.15) is 0 Å². The Kier molecular flexibility index (Phi) is 3.52. The van der Waals surface area contributed by atoms with Gasteiger partial charge in [0.15, 0.2) is 5.82 Å². The smallest absolute Gasteiger partial charge is 0.335 e. The van der Waals surface area contributed by atoms with E-state index in [2.05, 4.69) is 10.3 Å². The number of aromatic nitrogens is 2. The number of hydrogen-bond acceptors (Lipinski definition) is 3. The lowest BCUT2D eigenvalue weighted by atomic mass is 10.2. The molecule has 0 spiro atoms. The molecule has 2 aromatic rings. The maximum absolute atomic E-state index is 11.9. The number of aromatic carboxylic acids is 1. The van der Waals surface area contributed by atoms with Crippen molar-refractivity contribution in [2.24, 2.45) is 7.05 Å². The van der Waals surface area contributed by atoms with Crippen LogP contribution in [0.25, 0.3) is 0 Å². The van der Waals surface area contributed by atoms with Crippen molar-refractivity contribution in [1.82, 2.24) is 9.55 Å². The van der Waals surface area contributed by atoms with Crippen LogP contribution < -0.4 is 5.32 Å². The highest BCUT2D eigenvalue weighted by Crippen LogP contribution is 2.23. The third-order valence-electron chi connectivity index (χ3n) is 2.49. The van der Waals surface area contributed by atoms with Crippen molar-refractivity contribution >= 4 is 29.2 Å². The van der Waals surface area contributed by atoms with Crippen LogP contribution in [-0.2, 0) is 7.05 Å². The summed E-state index contributed by atoms with van der Waals surface area (Å²) in [6.07, 6.45) is 3.12. The van der Waals surface area contributed by atoms with Gasteiger partial charge >= 0.3 is 5.97 Å². The second kappa shape index (κ2) is 5.11. The first kappa shape index (κ1) is 13.1. The molecule has 0 aliphatic heterocycles. The molecule has 0 fully saturated rings. The lowest BCUT2D eigenvalue weighted by Gasteiger charge is -2.08. The Labute approximate surface area is 113 Å². The van der Waals surface area contributed by atoms with Crippen molar-refractivity contribution in [3.63, 3.8) is 0 Å². The molecule has 0 saturated carbocycles. The summed E-state index contributed by atoms with van der Waals surface area (Å²) in [5.74, 6) is -1.35. The molecule has 0 unspecified atom stereocenters. The first-order valence-electron chi connectivity index (χ1n) is 5.30. The molecule has 1 heterocycles. The summed E-state index contributed by atoms with van der Waals surface area (Å²) < 4.78 is 1.55. The van der Waals surface area contributed by atoms with Gasteiger partial charge in [-0.1, -0.05) is 11.6 Å². The molecular weight excluding hydrogens is 270 g/mol. The quantitative estimate of drug-likeness (QED) is 0.900. The standard InChI is InChI=1S/C12H10ClN3O3/c1-16-5-4-14-10(16)11(17)15-9-6-7(12(18)19)2-3-8(9)13/h2-6H,1H3,(H,15,17)(H,18,19). The fourth-order valence-electron chi connectivity index (χ4n) is 1.52. The first-order valence-corrected chi connectivity index (χ1v) is 5.68. The number of carbonyl (C=O) groups is 2. The first-order chi connectivity index (χ1) is 8.99. The summed E-state index contributed by atoms with van der Waals surface area (Å²) in [6, 6.07) is 4.08. The monoisotopic (exact) mass is 279 g/mol. The van der Waals surface area contributed by atoms with E-state index in [1.165, 1.54) is 24.4 Å². The van der Waals surface area contributed by atoms with E-state index >= 15 is 0 Å². The molecule has 0 aliphatic carbocycles. The molecule has 0 saturated heterocycles. The Morgan fingerprint density at radius 2 is 2.16 bits per heavy atom. The van der Waals surface area contributed by atoms with E-state index in [9.17, 15) is 9.59 Å². The zero-order chi connectivity index (χ0) is 14.0. The number of carboxylic acids is 1. The minimum Gasteiger partial charge on any atom is -0.478 e. The minimum atomic E-state index is -1.09. The predicted molar refractivity (Wildman–Crippen MR) is 69.6 cm³/mol. The van der Waals surface area contributed by atoms with Gasteiger partial charge in [-0.25, -0.2) is 9.78 Å². The van der Waals surface area contributed by atoms with E-state index in [-0.39, 0.29) is 22.1 Å². The lowest BCUT2D eigenvalue weighted by Crippen LogP contribution is -2.17. The van der Waals surface area contributed by atoms with Gasteiger partial charge in [-0.3, -0.25) is 4.79 Å². The molecule has 0 aliphatic rings. The fourth-order valence-corrected chi connectivity index (χ4v) is 1.68. The second-order valence-electron chi connectivity index (χ2n) is 3.82. The summed E-state index contributed by atoms with van der Waals surface area (Å²) in [5, 5.41) is 11.7. The van der Waals surface area contributed by atoms with E-state index in [0.29, 0.717) is 0 Å². The molecule has 2 N–H and O–H groups in total. The van der Waals surface area contributed by atoms with Gasteiger partial charge in [-0.05, 0) is 18.2 Å². The van der Waals surface area contributed by atoms with Crippen LogP contribution >= 0.6 is 11.6 Å². The van der Waals surface area contributed by atoms with Crippen molar-refractivity contribution in [2.45, 2.75) is 0 Å². The number of anilines is 1. The largest absolute Gasteiger partial charge is 0.478 e. The van der Waals surface area contributed by atoms with Gasteiger partial charge in [0, 0.05) is 19.4 Å². The molecule has 0 atom stereocenters. The number of amides is 1. The molecule has 0 bridgehead atoms. The van der Waals surface area contributed by atoms with Crippen molar-refractivity contribution in [2.75, 3.05) is 5.32 Å². The van der Waals surface area contributed by atoms with Crippen molar-refractivity contribution < 1.29 is 14.7 Å². The highest BCUT2D eigenvalue weighted by Gasteiger charge is 2.14. The number of carboxylic acid groups (broad SMARTS) is 1. The molecular formula is C12H10ClN3O3. The zero-order valence-electron chi connectivity index (χ0n) is 9.92. The number of carbonyl (C=O) groups excluding carboxylic acids is 1. The van der Waals surface area contributed by atoms with Gasteiger partial charge in [0.25, 0.3) is 5.91 Å². The van der Waals surface area contributed by atoms with Gasteiger partial charge in [-0.15, -0.1) is 0 Å². The summed E-state index contributed by atoms with van der Waals surface area (Å²) in [4.78, 5) is 26.7. The second-order valence-corrected chi connectivity index (χ2v) is 4.22. The average Bonchev–Trinajstić information content (AvgIpc) is 2.78. The minimum absolute atomic E-state index is 0.0412. The van der Waals surface area contributed by atoms with E-state index in [4.69, 9.17) is 16.7 Å². The number of nitrogens with zero attached hydrogens (tertiary/aromatic N) is 2. The number of hydrogen-bond donors (Lipinski definition) is 2. The summed E-state index contributed by atoms with van der Waals surface area (Å²) in [7, 11) is 1.68. The van der Waals surface area contributed by atoms with Crippen molar-refractivity contribution in [1.29, 1.82) is 0 Å². The number of aryl methyl sites for hydroxylation is 1. The number of benzene rings is 1. The van der Waals surface area contributed by atoms with Crippen LogP contribution in [0.4, 0.5) is 5.69 Å². The molecule has 6 nitrogen and oxygen atoms in total. The zero-order valence-corrected chi connectivity index (χ0v) is 10.7. The molecule has 0 radical (unpaired) electrons. The summed E-state index contributed by atoms with van der Waals surface area (Å²) in [5.41, 5.74) is 0.272. The molecule has 7 heteroatoms. The topological polar surface area (TPSA) is 84.2 Å². The van der Waals surface area contributed by atoms with E-state index in [0.717, 1.165) is 0 Å². The summed E-state index contributed by atoms with van der Waals surface area (Å²) in [6.45, 7) is 0. The number of imidazole rings is 1.